The average Bonchev–Trinajstić information content (AvgIpc) is 2.88. The molecule has 4 aromatic rings. The Morgan fingerprint density at radius 3 is 1.44 bits per heavy atom. The molecular weight excluding hydrogens is 394 g/mol. The lowest BCUT2D eigenvalue weighted by Crippen LogP contribution is -2.03. The molecule has 0 N–H and O–H groups in total. The highest BCUT2D eigenvalue weighted by atomic mass is 16.5. The number of nitrogens with zero attached hydrogens (tertiary/aromatic N) is 1. The number of benzene rings is 4. The first-order chi connectivity index (χ1) is 15.8. The summed E-state index contributed by atoms with van der Waals surface area (Å²) < 4.78 is 10.7. The maximum Gasteiger partial charge on any atom is 0.118 e. The van der Waals surface area contributed by atoms with Crippen LogP contribution in [0.25, 0.3) is 5.57 Å². The molecular formula is C29H25NO2. The van der Waals surface area contributed by atoms with Crippen molar-refractivity contribution >= 4 is 11.3 Å². The van der Waals surface area contributed by atoms with Crippen LogP contribution in [0, 0.1) is 0 Å². The molecule has 0 aromatic heterocycles. The van der Waals surface area contributed by atoms with E-state index in [1.165, 1.54) is 0 Å². The summed E-state index contributed by atoms with van der Waals surface area (Å²) in [6, 6.07) is 36.6. The van der Waals surface area contributed by atoms with Crippen molar-refractivity contribution < 1.29 is 9.47 Å². The lowest BCUT2D eigenvalue weighted by molar-refractivity contribution is 0.414. The predicted octanol–water partition coefficient (Wildman–Crippen LogP) is 6.63. The number of methoxy groups -OCH3 is 2. The third kappa shape index (κ3) is 4.96. The van der Waals surface area contributed by atoms with E-state index in [4.69, 9.17) is 14.5 Å². The molecule has 0 saturated carbocycles. The molecule has 158 valence electrons. The van der Waals surface area contributed by atoms with Crippen molar-refractivity contribution in [1.82, 2.24) is 0 Å². The molecule has 0 atom stereocenters. The van der Waals surface area contributed by atoms with E-state index in [2.05, 4.69) is 36.4 Å². The zero-order chi connectivity index (χ0) is 22.2. The minimum Gasteiger partial charge on any atom is -0.497 e. The van der Waals surface area contributed by atoms with E-state index in [1.54, 1.807) is 14.2 Å². The van der Waals surface area contributed by atoms with E-state index < -0.39 is 0 Å². The Morgan fingerprint density at radius 1 is 0.531 bits per heavy atom. The normalized spacial score (nSPS) is 11.8. The molecule has 3 nitrogen and oxygen atoms in total. The Bertz CT molecular complexity index is 1090. The van der Waals surface area contributed by atoms with Crippen LogP contribution in [0.3, 0.4) is 0 Å². The Hall–Kier alpha value is -4.11. The second-order valence-corrected chi connectivity index (χ2v) is 7.21. The second kappa shape index (κ2) is 10.3. The van der Waals surface area contributed by atoms with Crippen LogP contribution in [0.1, 0.15) is 22.3 Å². The molecule has 0 aliphatic rings. The molecule has 4 rings (SSSR count). The summed E-state index contributed by atoms with van der Waals surface area (Å²) in [5.74, 6) is 1.65. The summed E-state index contributed by atoms with van der Waals surface area (Å²) in [4.78, 5) is 5.00. The fourth-order valence-corrected chi connectivity index (χ4v) is 3.49. The first-order valence-corrected chi connectivity index (χ1v) is 10.5. The topological polar surface area (TPSA) is 30.8 Å². The Labute approximate surface area is 189 Å². The summed E-state index contributed by atoms with van der Waals surface area (Å²) in [6.45, 7) is 0. The summed E-state index contributed by atoms with van der Waals surface area (Å²) in [5.41, 5.74) is 6.18. The van der Waals surface area contributed by atoms with Gasteiger partial charge in [0.15, 0.2) is 0 Å². The number of rotatable bonds is 7. The van der Waals surface area contributed by atoms with Gasteiger partial charge in [-0.15, -0.1) is 0 Å². The van der Waals surface area contributed by atoms with E-state index in [1.807, 2.05) is 79.0 Å². The molecule has 0 bridgehead atoms. The van der Waals surface area contributed by atoms with E-state index in [0.29, 0.717) is 0 Å². The van der Waals surface area contributed by atoms with E-state index in [9.17, 15) is 0 Å². The third-order valence-electron chi connectivity index (χ3n) is 5.22. The van der Waals surface area contributed by atoms with Gasteiger partial charge in [0.1, 0.15) is 11.5 Å². The van der Waals surface area contributed by atoms with Crippen LogP contribution in [0.5, 0.6) is 11.5 Å². The zero-order valence-corrected chi connectivity index (χ0v) is 18.2. The quantitative estimate of drug-likeness (QED) is 0.315. The van der Waals surface area contributed by atoms with Crippen LogP contribution in [-0.2, 0) is 0 Å². The Kier molecular flexibility index (Phi) is 6.78. The van der Waals surface area contributed by atoms with Gasteiger partial charge in [0.2, 0.25) is 0 Å². The van der Waals surface area contributed by atoms with Gasteiger partial charge in [0.05, 0.1) is 19.9 Å². The standard InChI is InChI=1S/C29H25NO2/c1-31-26-17-13-23(14-18-26)28(22-9-5-3-6-10-22)21-30-29(24-11-7-4-8-12-24)25-15-19-27(32-2)20-16-25/h3-21H,1-2H3/b28-21+,30-29?. The molecule has 0 aliphatic heterocycles. The molecule has 3 heteroatoms. The fourth-order valence-electron chi connectivity index (χ4n) is 3.49. The average molecular weight is 420 g/mol. The largest absolute Gasteiger partial charge is 0.497 e. The highest BCUT2D eigenvalue weighted by Crippen LogP contribution is 2.26. The first kappa shape index (κ1) is 21.1. The van der Waals surface area contributed by atoms with Crippen LogP contribution < -0.4 is 9.47 Å². The SMILES string of the molecule is COc1ccc(C(=N/C=C(\c2ccccc2)c2ccc(OC)cc2)c2ccccc2)cc1. The van der Waals surface area contributed by atoms with Crippen LogP contribution in [0.2, 0.25) is 0 Å². The van der Waals surface area contributed by atoms with E-state index in [-0.39, 0.29) is 0 Å². The summed E-state index contributed by atoms with van der Waals surface area (Å²) in [5, 5.41) is 0. The predicted molar refractivity (Wildman–Crippen MR) is 132 cm³/mol. The number of hydrogen-bond donors (Lipinski definition) is 0. The van der Waals surface area contributed by atoms with Crippen LogP contribution in [-0.4, -0.2) is 19.9 Å². The van der Waals surface area contributed by atoms with Crippen molar-refractivity contribution in [2.24, 2.45) is 4.99 Å². The number of hydrogen-bond acceptors (Lipinski definition) is 3. The molecule has 0 radical (unpaired) electrons. The van der Waals surface area contributed by atoms with E-state index >= 15 is 0 Å². The molecule has 32 heavy (non-hydrogen) atoms. The van der Waals surface area contributed by atoms with Crippen molar-refractivity contribution in [1.29, 1.82) is 0 Å². The summed E-state index contributed by atoms with van der Waals surface area (Å²) in [6.07, 6.45) is 1.95. The van der Waals surface area contributed by atoms with Gasteiger partial charge >= 0.3 is 0 Å². The molecule has 0 aliphatic carbocycles. The van der Waals surface area contributed by atoms with Crippen molar-refractivity contribution in [2.75, 3.05) is 14.2 Å². The van der Waals surface area contributed by atoms with Gasteiger partial charge in [0.25, 0.3) is 0 Å². The molecule has 0 saturated heterocycles. The first-order valence-electron chi connectivity index (χ1n) is 10.5. The van der Waals surface area contributed by atoms with E-state index in [0.717, 1.165) is 45.0 Å². The van der Waals surface area contributed by atoms with Gasteiger partial charge in [-0.05, 0) is 47.5 Å². The van der Waals surface area contributed by atoms with Crippen molar-refractivity contribution in [2.45, 2.75) is 0 Å². The fraction of sp³-hybridized carbons (Fsp3) is 0.0690. The maximum atomic E-state index is 5.33. The van der Waals surface area contributed by atoms with Gasteiger partial charge in [-0.3, -0.25) is 4.99 Å². The van der Waals surface area contributed by atoms with Crippen molar-refractivity contribution in [3.8, 4) is 11.5 Å². The number of aliphatic imine (C=N–C) groups is 1. The molecule has 0 heterocycles. The number of ether oxygens (including phenoxy) is 2. The molecule has 0 fully saturated rings. The molecule has 0 amide bonds. The van der Waals surface area contributed by atoms with Crippen LogP contribution in [0.4, 0.5) is 0 Å². The molecule has 0 spiro atoms. The lowest BCUT2D eigenvalue weighted by atomic mass is 9.98. The highest BCUT2D eigenvalue weighted by molar-refractivity contribution is 6.13. The lowest BCUT2D eigenvalue weighted by Gasteiger charge is -2.11. The monoisotopic (exact) mass is 419 g/mol. The Balaban J connectivity index is 1.84. The molecule has 0 unspecified atom stereocenters. The second-order valence-electron chi connectivity index (χ2n) is 7.21. The maximum absolute atomic E-state index is 5.33. The minimum atomic E-state index is 0.819. The van der Waals surface area contributed by atoms with Gasteiger partial charge in [-0.25, -0.2) is 0 Å². The summed E-state index contributed by atoms with van der Waals surface area (Å²) in [7, 11) is 3.35. The van der Waals surface area contributed by atoms with Gasteiger partial charge in [-0.1, -0.05) is 72.8 Å². The van der Waals surface area contributed by atoms with Crippen molar-refractivity contribution in [3.05, 3.63) is 138 Å². The zero-order valence-electron chi connectivity index (χ0n) is 18.2. The van der Waals surface area contributed by atoms with Gasteiger partial charge in [-0.2, -0.15) is 0 Å². The molecule has 4 aromatic carbocycles. The van der Waals surface area contributed by atoms with Gasteiger partial charge < -0.3 is 9.47 Å². The van der Waals surface area contributed by atoms with Gasteiger partial charge in [0, 0.05) is 22.9 Å². The Morgan fingerprint density at radius 2 is 0.938 bits per heavy atom. The summed E-state index contributed by atoms with van der Waals surface area (Å²) >= 11 is 0. The van der Waals surface area contributed by atoms with Crippen molar-refractivity contribution in [3.63, 3.8) is 0 Å². The van der Waals surface area contributed by atoms with Crippen LogP contribution >= 0.6 is 0 Å². The van der Waals surface area contributed by atoms with Crippen LogP contribution in [0.15, 0.2) is 120 Å². The third-order valence-corrected chi connectivity index (χ3v) is 5.22. The smallest absolute Gasteiger partial charge is 0.118 e. The minimum absolute atomic E-state index is 0.819. The highest BCUT2D eigenvalue weighted by Gasteiger charge is 2.09.